The van der Waals surface area contributed by atoms with E-state index in [1.807, 2.05) is 0 Å². The Morgan fingerprint density at radius 3 is 2.53 bits per heavy atom. The van der Waals surface area contributed by atoms with E-state index >= 15 is 0 Å². The van der Waals surface area contributed by atoms with Gasteiger partial charge in [0, 0.05) is 12.5 Å². The van der Waals surface area contributed by atoms with Gasteiger partial charge in [0.25, 0.3) is 0 Å². The Kier molecular flexibility index (Phi) is 5.23. The molecule has 1 aromatic carbocycles. The van der Waals surface area contributed by atoms with E-state index in [0.717, 1.165) is 0 Å². The Labute approximate surface area is 110 Å². The highest BCUT2D eigenvalue weighted by atomic mass is 19.1. The van der Waals surface area contributed by atoms with E-state index in [4.69, 9.17) is 9.47 Å². The molecule has 0 radical (unpaired) electrons. The number of esters is 2. The maximum atomic E-state index is 13.7. The number of hydrogen-bond acceptors (Lipinski definition) is 4. The van der Waals surface area contributed by atoms with Gasteiger partial charge < -0.3 is 9.47 Å². The van der Waals surface area contributed by atoms with Crippen LogP contribution < -0.4 is 0 Å². The van der Waals surface area contributed by atoms with Crippen molar-refractivity contribution in [2.45, 2.75) is 20.0 Å². The molecule has 1 rings (SSSR count). The largest absolute Gasteiger partial charge is 0.463 e. The van der Waals surface area contributed by atoms with E-state index in [0.29, 0.717) is 0 Å². The topological polar surface area (TPSA) is 52.6 Å². The summed E-state index contributed by atoms with van der Waals surface area (Å²) in [7, 11) is 0. The SMILES string of the molecule is C=C(C(=O)OCC)C(OC(C)=O)c1ccccc1F. The van der Waals surface area contributed by atoms with E-state index in [1.165, 1.54) is 25.1 Å². The van der Waals surface area contributed by atoms with E-state index in [2.05, 4.69) is 6.58 Å². The van der Waals surface area contributed by atoms with Gasteiger partial charge in [0.05, 0.1) is 12.2 Å². The number of carbonyl (C=O) groups is 2. The molecule has 0 amide bonds. The summed E-state index contributed by atoms with van der Waals surface area (Å²) in [6.45, 7) is 6.49. The summed E-state index contributed by atoms with van der Waals surface area (Å²) in [5, 5.41) is 0. The van der Waals surface area contributed by atoms with Gasteiger partial charge in [-0.05, 0) is 13.0 Å². The van der Waals surface area contributed by atoms with Gasteiger partial charge in [-0.25, -0.2) is 9.18 Å². The molecule has 0 aliphatic heterocycles. The lowest BCUT2D eigenvalue weighted by atomic mass is 10.0. The van der Waals surface area contributed by atoms with E-state index in [1.54, 1.807) is 13.0 Å². The molecule has 0 saturated carbocycles. The lowest BCUT2D eigenvalue weighted by Gasteiger charge is -2.19. The molecule has 5 heteroatoms. The third kappa shape index (κ3) is 3.91. The lowest BCUT2D eigenvalue weighted by molar-refractivity contribution is -0.148. The summed E-state index contributed by atoms with van der Waals surface area (Å²) in [5.41, 5.74) is -0.0575. The smallest absolute Gasteiger partial charge is 0.337 e. The van der Waals surface area contributed by atoms with Crippen molar-refractivity contribution < 1.29 is 23.5 Å². The maximum Gasteiger partial charge on any atom is 0.337 e. The molecule has 102 valence electrons. The first-order valence-electron chi connectivity index (χ1n) is 5.75. The van der Waals surface area contributed by atoms with Gasteiger partial charge in [-0.3, -0.25) is 4.79 Å². The molecule has 0 heterocycles. The molecule has 0 bridgehead atoms. The van der Waals surface area contributed by atoms with Gasteiger partial charge in [-0.1, -0.05) is 24.8 Å². The molecule has 0 N–H and O–H groups in total. The molecule has 1 unspecified atom stereocenters. The fraction of sp³-hybridized carbons (Fsp3) is 0.286. The molecule has 0 aliphatic rings. The van der Waals surface area contributed by atoms with Gasteiger partial charge in [0.1, 0.15) is 5.82 Å². The van der Waals surface area contributed by atoms with Crippen LogP contribution in [0, 0.1) is 5.82 Å². The van der Waals surface area contributed by atoms with Crippen molar-refractivity contribution in [1.82, 2.24) is 0 Å². The Bertz CT molecular complexity index is 496. The first-order chi connectivity index (χ1) is 8.97. The predicted molar refractivity (Wildman–Crippen MR) is 66.7 cm³/mol. The van der Waals surface area contributed by atoms with Crippen molar-refractivity contribution in [3.8, 4) is 0 Å². The van der Waals surface area contributed by atoms with Gasteiger partial charge in [-0.15, -0.1) is 0 Å². The number of halogens is 1. The van der Waals surface area contributed by atoms with Crippen LogP contribution in [-0.2, 0) is 19.1 Å². The molecule has 0 aromatic heterocycles. The van der Waals surface area contributed by atoms with Crippen LogP contribution in [0.15, 0.2) is 36.4 Å². The van der Waals surface area contributed by atoms with Crippen molar-refractivity contribution in [2.24, 2.45) is 0 Å². The summed E-state index contributed by atoms with van der Waals surface area (Å²) in [4.78, 5) is 22.7. The maximum absolute atomic E-state index is 13.7. The van der Waals surface area contributed by atoms with Crippen LogP contribution in [-0.4, -0.2) is 18.5 Å². The zero-order valence-electron chi connectivity index (χ0n) is 10.8. The number of benzene rings is 1. The highest BCUT2D eigenvalue weighted by Gasteiger charge is 2.27. The van der Waals surface area contributed by atoms with Gasteiger partial charge in [0.15, 0.2) is 6.10 Å². The number of carbonyl (C=O) groups excluding carboxylic acids is 2. The predicted octanol–water partition coefficient (Wildman–Crippen LogP) is 2.55. The molecule has 4 nitrogen and oxygen atoms in total. The van der Waals surface area contributed by atoms with Gasteiger partial charge in [0.2, 0.25) is 0 Å². The average Bonchev–Trinajstić information content (AvgIpc) is 2.36. The molecule has 0 saturated heterocycles. The van der Waals surface area contributed by atoms with Crippen molar-refractivity contribution >= 4 is 11.9 Å². The zero-order chi connectivity index (χ0) is 14.4. The number of hydrogen-bond donors (Lipinski definition) is 0. The van der Waals surface area contributed by atoms with E-state index in [-0.39, 0.29) is 17.7 Å². The monoisotopic (exact) mass is 266 g/mol. The van der Waals surface area contributed by atoms with Crippen molar-refractivity contribution in [3.05, 3.63) is 47.8 Å². The van der Waals surface area contributed by atoms with Crippen LogP contribution in [0.1, 0.15) is 25.5 Å². The van der Waals surface area contributed by atoms with Crippen molar-refractivity contribution in [2.75, 3.05) is 6.61 Å². The summed E-state index contributed by atoms with van der Waals surface area (Å²) < 4.78 is 23.5. The molecular weight excluding hydrogens is 251 g/mol. The second kappa shape index (κ2) is 6.68. The molecule has 0 spiro atoms. The highest BCUT2D eigenvalue weighted by molar-refractivity contribution is 5.89. The Balaban J connectivity index is 3.08. The molecule has 0 fully saturated rings. The molecule has 0 aliphatic carbocycles. The summed E-state index contributed by atoms with van der Waals surface area (Å²) in [6.07, 6.45) is -1.18. The minimum atomic E-state index is -1.18. The molecular formula is C14H15FO4. The van der Waals surface area contributed by atoms with Gasteiger partial charge in [-0.2, -0.15) is 0 Å². The van der Waals surface area contributed by atoms with Gasteiger partial charge >= 0.3 is 11.9 Å². The Morgan fingerprint density at radius 2 is 2.00 bits per heavy atom. The lowest BCUT2D eigenvalue weighted by Crippen LogP contribution is -2.19. The first-order valence-corrected chi connectivity index (χ1v) is 5.75. The molecule has 1 atom stereocenters. The summed E-state index contributed by atoms with van der Waals surface area (Å²) in [5.74, 6) is -1.95. The van der Waals surface area contributed by atoms with Crippen LogP contribution in [0.25, 0.3) is 0 Å². The van der Waals surface area contributed by atoms with E-state index in [9.17, 15) is 14.0 Å². The fourth-order valence-corrected chi connectivity index (χ4v) is 1.51. The fourth-order valence-electron chi connectivity index (χ4n) is 1.51. The third-order valence-electron chi connectivity index (χ3n) is 2.33. The van der Waals surface area contributed by atoms with Crippen LogP contribution >= 0.6 is 0 Å². The van der Waals surface area contributed by atoms with Crippen LogP contribution in [0.3, 0.4) is 0 Å². The molecule has 1 aromatic rings. The van der Waals surface area contributed by atoms with Crippen LogP contribution in [0.4, 0.5) is 4.39 Å². The van der Waals surface area contributed by atoms with E-state index < -0.39 is 23.9 Å². The quantitative estimate of drug-likeness (QED) is 0.607. The second-order valence-corrected chi connectivity index (χ2v) is 3.76. The Hall–Kier alpha value is -2.17. The standard InChI is InChI=1S/C14H15FO4/c1-4-18-14(17)9(2)13(19-10(3)16)11-7-5-6-8-12(11)15/h5-8,13H,2,4H2,1,3H3. The summed E-state index contributed by atoms with van der Waals surface area (Å²) in [6, 6.07) is 5.71. The third-order valence-corrected chi connectivity index (χ3v) is 2.33. The second-order valence-electron chi connectivity index (χ2n) is 3.76. The number of ether oxygens (including phenoxy) is 2. The average molecular weight is 266 g/mol. The normalized spacial score (nSPS) is 11.5. The van der Waals surface area contributed by atoms with Crippen LogP contribution in [0.2, 0.25) is 0 Å². The highest BCUT2D eigenvalue weighted by Crippen LogP contribution is 2.27. The van der Waals surface area contributed by atoms with Crippen molar-refractivity contribution in [1.29, 1.82) is 0 Å². The zero-order valence-corrected chi connectivity index (χ0v) is 10.8. The summed E-state index contributed by atoms with van der Waals surface area (Å²) >= 11 is 0. The minimum absolute atomic E-state index is 0.0655. The minimum Gasteiger partial charge on any atom is -0.463 e. The first kappa shape index (κ1) is 14.9. The Morgan fingerprint density at radius 1 is 1.37 bits per heavy atom. The van der Waals surface area contributed by atoms with Crippen LogP contribution in [0.5, 0.6) is 0 Å². The van der Waals surface area contributed by atoms with Crippen molar-refractivity contribution in [3.63, 3.8) is 0 Å². The number of rotatable bonds is 5. The molecule has 19 heavy (non-hydrogen) atoms.